The molecule has 0 amide bonds. The number of nitrogens with zero attached hydrogens (tertiary/aromatic N) is 3. The van der Waals surface area contributed by atoms with Gasteiger partial charge in [-0.3, -0.25) is 5.10 Å². The van der Waals surface area contributed by atoms with Gasteiger partial charge in [0.2, 0.25) is 5.88 Å². The second-order valence-electron chi connectivity index (χ2n) is 4.56. The highest BCUT2D eigenvalue weighted by atomic mass is 32.1. The number of nitrogens with one attached hydrogen (secondary N) is 2. The summed E-state index contributed by atoms with van der Waals surface area (Å²) in [7, 11) is 1.56. The third kappa shape index (κ3) is 1.95. The van der Waals surface area contributed by atoms with Gasteiger partial charge in [0, 0.05) is 16.8 Å². The summed E-state index contributed by atoms with van der Waals surface area (Å²) in [5.74, 6) is 0.189. The van der Waals surface area contributed by atoms with Crippen LogP contribution in [0.3, 0.4) is 0 Å². The Morgan fingerprint density at radius 1 is 1.38 bits per heavy atom. The van der Waals surface area contributed by atoms with Gasteiger partial charge in [-0.2, -0.15) is 10.5 Å². The van der Waals surface area contributed by atoms with Crippen molar-refractivity contribution in [1.29, 1.82) is 10.5 Å². The molecule has 1 aliphatic heterocycles. The van der Waals surface area contributed by atoms with Crippen molar-refractivity contribution in [2.24, 2.45) is 0 Å². The molecule has 6 nitrogen and oxygen atoms in total. The largest absolute Gasteiger partial charge is 0.479 e. The van der Waals surface area contributed by atoms with Crippen LogP contribution in [0.5, 0.6) is 5.88 Å². The molecule has 1 atom stereocenters. The monoisotopic (exact) mass is 297 g/mol. The molecular formula is C14H11N5OS. The number of thiophene rings is 1. The molecule has 21 heavy (non-hydrogen) atoms. The Morgan fingerprint density at radius 3 is 2.86 bits per heavy atom. The van der Waals surface area contributed by atoms with Crippen LogP contribution in [0.15, 0.2) is 29.1 Å². The van der Waals surface area contributed by atoms with Gasteiger partial charge in [-0.05, 0) is 13.0 Å². The van der Waals surface area contributed by atoms with Gasteiger partial charge < -0.3 is 10.1 Å². The average molecular weight is 297 g/mol. The molecule has 2 aromatic heterocycles. The van der Waals surface area contributed by atoms with E-state index in [0.717, 1.165) is 20.8 Å². The zero-order valence-electron chi connectivity index (χ0n) is 11.4. The molecular weight excluding hydrogens is 286 g/mol. The van der Waals surface area contributed by atoms with E-state index in [1.807, 2.05) is 13.0 Å². The Morgan fingerprint density at radius 2 is 2.19 bits per heavy atom. The molecule has 0 saturated carbocycles. The summed E-state index contributed by atoms with van der Waals surface area (Å²) in [5, 5.41) is 28.6. The molecule has 3 rings (SSSR count). The topological polar surface area (TPSA) is 97.5 Å². The van der Waals surface area contributed by atoms with Crippen LogP contribution >= 0.6 is 11.3 Å². The lowest BCUT2D eigenvalue weighted by Crippen LogP contribution is -2.18. The number of allylic oxidation sites excluding steroid dienone is 3. The number of aromatic amines is 1. The Hall–Kier alpha value is -2.77. The minimum Gasteiger partial charge on any atom is -0.479 e. The van der Waals surface area contributed by atoms with Crippen LogP contribution in [-0.2, 0) is 0 Å². The van der Waals surface area contributed by atoms with Crippen LogP contribution in [0.2, 0.25) is 0 Å². The van der Waals surface area contributed by atoms with E-state index in [-0.39, 0.29) is 5.92 Å². The van der Waals surface area contributed by atoms with E-state index < -0.39 is 0 Å². The summed E-state index contributed by atoms with van der Waals surface area (Å²) < 4.78 is 6.08. The fourth-order valence-corrected chi connectivity index (χ4v) is 3.56. The molecule has 0 aliphatic carbocycles. The minimum absolute atomic E-state index is 0.336. The van der Waals surface area contributed by atoms with E-state index in [1.165, 1.54) is 11.3 Å². The fourth-order valence-electron chi connectivity index (χ4n) is 2.35. The van der Waals surface area contributed by atoms with Gasteiger partial charge in [-0.25, -0.2) is 0 Å². The van der Waals surface area contributed by atoms with E-state index in [1.54, 1.807) is 13.3 Å². The number of methoxy groups -OCH3 is 1. The standard InChI is InChI=1S/C14H11N5OS/c1-7-9(5-16)12(8(4-15)6-17-7)11-3-10-13(21-11)14(20-2)19-18-10/h3,6,12,17H,1-2H3,(H,18,19). The van der Waals surface area contributed by atoms with Gasteiger partial charge in [-0.15, -0.1) is 16.4 Å². The zero-order chi connectivity index (χ0) is 15.0. The summed E-state index contributed by atoms with van der Waals surface area (Å²) in [5.41, 5.74) is 2.69. The zero-order valence-corrected chi connectivity index (χ0v) is 12.2. The van der Waals surface area contributed by atoms with Crippen LogP contribution in [0, 0.1) is 22.7 Å². The molecule has 2 aromatic rings. The van der Waals surface area contributed by atoms with Crippen molar-refractivity contribution < 1.29 is 4.74 Å². The number of hydrogen-bond donors (Lipinski definition) is 2. The maximum absolute atomic E-state index is 9.41. The van der Waals surface area contributed by atoms with Crippen LogP contribution in [0.4, 0.5) is 0 Å². The molecule has 104 valence electrons. The highest BCUT2D eigenvalue weighted by Gasteiger charge is 2.29. The van der Waals surface area contributed by atoms with Gasteiger partial charge >= 0.3 is 0 Å². The Kier molecular flexibility index (Phi) is 3.13. The molecule has 0 fully saturated rings. The lowest BCUT2D eigenvalue weighted by molar-refractivity contribution is 0.402. The van der Waals surface area contributed by atoms with Gasteiger partial charge in [0.1, 0.15) is 4.70 Å². The Bertz CT molecular complexity index is 858. The van der Waals surface area contributed by atoms with E-state index in [4.69, 9.17) is 4.74 Å². The van der Waals surface area contributed by atoms with Crippen LogP contribution in [0.1, 0.15) is 17.7 Å². The van der Waals surface area contributed by atoms with Crippen molar-refractivity contribution in [3.8, 4) is 18.0 Å². The first-order valence-corrected chi connectivity index (χ1v) is 7.00. The maximum Gasteiger partial charge on any atom is 0.250 e. The molecule has 0 radical (unpaired) electrons. The highest BCUT2D eigenvalue weighted by molar-refractivity contribution is 7.19. The van der Waals surface area contributed by atoms with Gasteiger partial charge in [0.25, 0.3) is 0 Å². The third-order valence-electron chi connectivity index (χ3n) is 3.40. The number of ether oxygens (including phenoxy) is 1. The first-order chi connectivity index (χ1) is 10.2. The predicted molar refractivity (Wildman–Crippen MR) is 78.4 cm³/mol. The van der Waals surface area contributed by atoms with Crippen molar-refractivity contribution in [3.63, 3.8) is 0 Å². The quantitative estimate of drug-likeness (QED) is 0.887. The van der Waals surface area contributed by atoms with Gasteiger partial charge in [-0.1, -0.05) is 0 Å². The predicted octanol–water partition coefficient (Wildman–Crippen LogP) is 2.52. The number of hydrogen-bond acceptors (Lipinski definition) is 6. The molecule has 0 aromatic carbocycles. The van der Waals surface area contributed by atoms with Gasteiger partial charge in [0.15, 0.2) is 0 Å². The van der Waals surface area contributed by atoms with E-state index in [0.29, 0.717) is 17.0 Å². The molecule has 1 aliphatic rings. The maximum atomic E-state index is 9.41. The number of nitriles is 2. The van der Waals surface area contributed by atoms with Crippen molar-refractivity contribution >= 4 is 21.6 Å². The van der Waals surface area contributed by atoms with Crippen LogP contribution in [-0.4, -0.2) is 17.3 Å². The van der Waals surface area contributed by atoms with Gasteiger partial charge in [0.05, 0.1) is 41.8 Å². The lowest BCUT2D eigenvalue weighted by atomic mass is 9.88. The summed E-state index contributed by atoms with van der Waals surface area (Å²) in [6, 6.07) is 6.29. The van der Waals surface area contributed by atoms with Crippen molar-refractivity contribution in [3.05, 3.63) is 34.0 Å². The lowest BCUT2D eigenvalue weighted by Gasteiger charge is -2.21. The number of rotatable bonds is 2. The molecule has 1 unspecified atom stereocenters. The molecule has 7 heteroatoms. The summed E-state index contributed by atoms with van der Waals surface area (Å²) in [6.45, 7) is 1.83. The van der Waals surface area contributed by atoms with E-state index >= 15 is 0 Å². The summed E-state index contributed by atoms with van der Waals surface area (Å²) >= 11 is 1.48. The molecule has 0 spiro atoms. The fraction of sp³-hybridized carbons (Fsp3) is 0.214. The number of dihydropyridines is 1. The number of fused-ring (bicyclic) bond motifs is 1. The van der Waals surface area contributed by atoms with Crippen LogP contribution in [0.25, 0.3) is 10.2 Å². The molecule has 2 N–H and O–H groups in total. The minimum atomic E-state index is -0.336. The first-order valence-electron chi connectivity index (χ1n) is 6.19. The normalized spacial score (nSPS) is 17.9. The summed E-state index contributed by atoms with van der Waals surface area (Å²) in [4.78, 5) is 0.919. The summed E-state index contributed by atoms with van der Waals surface area (Å²) in [6.07, 6.45) is 1.66. The first kappa shape index (κ1) is 13.2. The van der Waals surface area contributed by atoms with E-state index in [2.05, 4.69) is 27.7 Å². The van der Waals surface area contributed by atoms with Crippen molar-refractivity contribution in [1.82, 2.24) is 15.5 Å². The highest BCUT2D eigenvalue weighted by Crippen LogP contribution is 2.42. The second kappa shape index (κ2) is 4.97. The SMILES string of the molecule is COc1n[nH]c2cc(C3C(C#N)=CNC(C)=C3C#N)sc12. The average Bonchev–Trinajstić information content (AvgIpc) is 3.06. The number of aromatic nitrogens is 2. The smallest absolute Gasteiger partial charge is 0.250 e. The third-order valence-corrected chi connectivity index (χ3v) is 4.59. The number of H-pyrrole nitrogens is 1. The molecule has 3 heterocycles. The van der Waals surface area contributed by atoms with Crippen molar-refractivity contribution in [2.75, 3.05) is 7.11 Å². The Balaban J connectivity index is 2.16. The second-order valence-corrected chi connectivity index (χ2v) is 5.65. The molecule has 0 saturated heterocycles. The van der Waals surface area contributed by atoms with Crippen molar-refractivity contribution in [2.45, 2.75) is 12.8 Å². The molecule has 0 bridgehead atoms. The van der Waals surface area contributed by atoms with E-state index in [9.17, 15) is 10.5 Å². The Labute approximate surface area is 124 Å². The van der Waals surface area contributed by atoms with Crippen LogP contribution < -0.4 is 10.1 Å².